The number of piperidine rings is 1. The number of carbonyl (C=O) groups is 1. The van der Waals surface area contributed by atoms with Crippen LogP contribution in [-0.4, -0.2) is 42.0 Å². The van der Waals surface area contributed by atoms with Crippen molar-refractivity contribution in [2.45, 2.75) is 43.8 Å². The largest absolute Gasteiger partial charge is 0.441 e. The predicted molar refractivity (Wildman–Crippen MR) is 130 cm³/mol. The van der Waals surface area contributed by atoms with Crippen molar-refractivity contribution in [2.24, 2.45) is 0 Å². The Hall–Kier alpha value is -2.57. The minimum atomic E-state index is -0.0349. The van der Waals surface area contributed by atoms with Gasteiger partial charge in [-0.15, -0.1) is 11.8 Å². The van der Waals surface area contributed by atoms with Gasteiger partial charge in [-0.25, -0.2) is 4.98 Å². The number of hydrogen-bond acceptors (Lipinski definition) is 5. The molecular formula is C26H31N3O2S. The van der Waals surface area contributed by atoms with Gasteiger partial charge in [0.25, 0.3) is 5.91 Å². The molecule has 2 aromatic carbocycles. The maximum atomic E-state index is 12.5. The highest BCUT2D eigenvalue weighted by atomic mass is 32.2. The summed E-state index contributed by atoms with van der Waals surface area (Å²) in [5.41, 5.74) is 3.74. The summed E-state index contributed by atoms with van der Waals surface area (Å²) in [5.74, 6) is 2.15. The van der Waals surface area contributed by atoms with Crippen molar-refractivity contribution in [3.63, 3.8) is 0 Å². The van der Waals surface area contributed by atoms with Crippen molar-refractivity contribution >= 4 is 17.7 Å². The summed E-state index contributed by atoms with van der Waals surface area (Å²) < 4.78 is 5.91. The van der Waals surface area contributed by atoms with Crippen LogP contribution in [0.25, 0.3) is 11.5 Å². The van der Waals surface area contributed by atoms with E-state index in [4.69, 9.17) is 9.40 Å². The Morgan fingerprint density at radius 1 is 1.03 bits per heavy atom. The second-order valence-corrected chi connectivity index (χ2v) is 9.41. The molecule has 1 amide bonds. The molecule has 0 aliphatic carbocycles. The lowest BCUT2D eigenvalue weighted by atomic mass is 10.1. The van der Waals surface area contributed by atoms with Crippen molar-refractivity contribution in [2.75, 3.05) is 26.2 Å². The number of aromatic nitrogens is 1. The van der Waals surface area contributed by atoms with E-state index in [1.54, 1.807) is 11.8 Å². The van der Waals surface area contributed by atoms with Crippen molar-refractivity contribution < 1.29 is 9.21 Å². The molecule has 0 atom stereocenters. The second-order valence-electron chi connectivity index (χ2n) is 8.36. The van der Waals surface area contributed by atoms with E-state index in [2.05, 4.69) is 41.4 Å². The van der Waals surface area contributed by atoms with E-state index in [0.29, 0.717) is 18.0 Å². The maximum Gasteiger partial charge on any atom is 0.251 e. The molecule has 5 nitrogen and oxygen atoms in total. The van der Waals surface area contributed by atoms with Crippen molar-refractivity contribution in [1.82, 2.24) is 15.2 Å². The topological polar surface area (TPSA) is 58.4 Å². The number of aryl methyl sites for hydroxylation is 2. The third kappa shape index (κ3) is 6.02. The Morgan fingerprint density at radius 2 is 1.75 bits per heavy atom. The van der Waals surface area contributed by atoms with Gasteiger partial charge in [0, 0.05) is 34.9 Å². The van der Waals surface area contributed by atoms with Gasteiger partial charge in [0.2, 0.25) is 5.89 Å². The molecule has 0 unspecified atom stereocenters. The van der Waals surface area contributed by atoms with Crippen LogP contribution in [0, 0.1) is 13.8 Å². The molecule has 0 saturated carbocycles. The first-order valence-corrected chi connectivity index (χ1v) is 12.3. The van der Waals surface area contributed by atoms with Gasteiger partial charge in [-0.3, -0.25) is 4.79 Å². The van der Waals surface area contributed by atoms with Crippen LogP contribution in [-0.2, 0) is 5.75 Å². The minimum Gasteiger partial charge on any atom is -0.441 e. The molecule has 1 aliphatic rings. The molecule has 2 heterocycles. The Kier molecular flexibility index (Phi) is 7.66. The van der Waals surface area contributed by atoms with Crippen LogP contribution in [0.1, 0.15) is 46.6 Å². The Morgan fingerprint density at radius 3 is 2.47 bits per heavy atom. The van der Waals surface area contributed by atoms with E-state index in [0.717, 1.165) is 42.4 Å². The summed E-state index contributed by atoms with van der Waals surface area (Å²) >= 11 is 1.75. The van der Waals surface area contributed by atoms with Gasteiger partial charge in [-0.2, -0.15) is 0 Å². The van der Waals surface area contributed by atoms with E-state index < -0.39 is 0 Å². The Balaban J connectivity index is 1.31. The predicted octanol–water partition coefficient (Wildman–Crippen LogP) is 5.47. The smallest absolute Gasteiger partial charge is 0.251 e. The van der Waals surface area contributed by atoms with Crippen molar-refractivity contribution in [3.8, 4) is 11.5 Å². The highest BCUT2D eigenvalue weighted by Gasteiger charge is 2.14. The lowest BCUT2D eigenvalue weighted by molar-refractivity contribution is 0.0946. The van der Waals surface area contributed by atoms with Gasteiger partial charge in [0.1, 0.15) is 5.76 Å². The number of hydrogen-bond donors (Lipinski definition) is 1. The standard InChI is InChI=1S/C26H31N3O2S/c1-19-6-12-23(13-7-19)32-18-24-20(2)31-26(28-24)22-10-8-21(9-11-22)25(30)27-14-17-29-15-4-3-5-16-29/h6-13H,3-5,14-18H2,1-2H3,(H,27,30). The summed E-state index contributed by atoms with van der Waals surface area (Å²) in [4.78, 5) is 20.8. The lowest BCUT2D eigenvalue weighted by Crippen LogP contribution is -2.37. The molecule has 1 N–H and O–H groups in total. The SMILES string of the molecule is Cc1ccc(SCc2nc(-c3ccc(C(=O)NCCN4CCCCC4)cc3)oc2C)cc1. The highest BCUT2D eigenvalue weighted by Crippen LogP contribution is 2.28. The highest BCUT2D eigenvalue weighted by molar-refractivity contribution is 7.98. The zero-order valence-electron chi connectivity index (χ0n) is 18.9. The molecular weight excluding hydrogens is 418 g/mol. The number of likely N-dealkylation sites (tertiary alicyclic amines) is 1. The molecule has 3 aromatic rings. The third-order valence-electron chi connectivity index (χ3n) is 5.85. The molecule has 0 radical (unpaired) electrons. The summed E-state index contributed by atoms with van der Waals surface area (Å²) in [5, 5.41) is 3.03. The van der Waals surface area contributed by atoms with Crippen LogP contribution in [0.4, 0.5) is 0 Å². The van der Waals surface area contributed by atoms with Gasteiger partial charge in [-0.1, -0.05) is 24.1 Å². The van der Waals surface area contributed by atoms with Crippen LogP contribution in [0.3, 0.4) is 0 Å². The van der Waals surface area contributed by atoms with E-state index in [9.17, 15) is 4.79 Å². The summed E-state index contributed by atoms with van der Waals surface area (Å²) in [6.45, 7) is 7.93. The molecule has 1 aliphatic heterocycles. The molecule has 1 saturated heterocycles. The number of rotatable bonds is 8. The normalized spacial score (nSPS) is 14.4. The van der Waals surface area contributed by atoms with E-state index in [1.807, 2.05) is 31.2 Å². The first-order chi connectivity index (χ1) is 15.6. The molecule has 6 heteroatoms. The molecule has 168 valence electrons. The number of carbonyl (C=O) groups excluding carboxylic acids is 1. The van der Waals surface area contributed by atoms with Crippen LogP contribution in [0.2, 0.25) is 0 Å². The van der Waals surface area contributed by atoms with Crippen LogP contribution in [0.15, 0.2) is 57.8 Å². The lowest BCUT2D eigenvalue weighted by Gasteiger charge is -2.26. The molecule has 0 spiro atoms. The van der Waals surface area contributed by atoms with Crippen molar-refractivity contribution in [3.05, 3.63) is 71.1 Å². The number of thioether (sulfide) groups is 1. The monoisotopic (exact) mass is 449 g/mol. The van der Waals surface area contributed by atoms with Gasteiger partial charge in [0.15, 0.2) is 0 Å². The van der Waals surface area contributed by atoms with Crippen molar-refractivity contribution in [1.29, 1.82) is 0 Å². The first-order valence-electron chi connectivity index (χ1n) is 11.4. The molecule has 1 fully saturated rings. The summed E-state index contributed by atoms with van der Waals surface area (Å²) in [7, 11) is 0. The van der Waals surface area contributed by atoms with Gasteiger partial charge >= 0.3 is 0 Å². The number of amides is 1. The number of oxazole rings is 1. The quantitative estimate of drug-likeness (QED) is 0.462. The fraction of sp³-hybridized carbons (Fsp3) is 0.385. The molecule has 0 bridgehead atoms. The van der Waals surface area contributed by atoms with Crippen LogP contribution in [0.5, 0.6) is 0 Å². The summed E-state index contributed by atoms with van der Waals surface area (Å²) in [6, 6.07) is 16.0. The molecule has 4 rings (SSSR count). The number of nitrogens with one attached hydrogen (secondary N) is 1. The average Bonchev–Trinajstić information content (AvgIpc) is 3.20. The summed E-state index contributed by atoms with van der Waals surface area (Å²) in [6.07, 6.45) is 3.86. The fourth-order valence-electron chi connectivity index (χ4n) is 3.85. The minimum absolute atomic E-state index is 0.0349. The fourth-order valence-corrected chi connectivity index (χ4v) is 4.75. The molecule has 32 heavy (non-hydrogen) atoms. The van der Waals surface area contributed by atoms with E-state index in [-0.39, 0.29) is 5.91 Å². The van der Waals surface area contributed by atoms with Gasteiger partial charge < -0.3 is 14.6 Å². The number of benzene rings is 2. The van der Waals surface area contributed by atoms with Crippen LogP contribution >= 0.6 is 11.8 Å². The Bertz CT molecular complexity index is 1020. The molecule has 1 aromatic heterocycles. The second kappa shape index (κ2) is 10.8. The maximum absolute atomic E-state index is 12.5. The Labute approximate surface area is 194 Å². The zero-order chi connectivity index (χ0) is 22.3. The van der Waals surface area contributed by atoms with E-state index >= 15 is 0 Å². The number of nitrogens with zero attached hydrogens (tertiary/aromatic N) is 2. The van der Waals surface area contributed by atoms with E-state index in [1.165, 1.54) is 29.7 Å². The first kappa shape index (κ1) is 22.6. The zero-order valence-corrected chi connectivity index (χ0v) is 19.7. The van der Waals surface area contributed by atoms with Gasteiger partial charge in [0.05, 0.1) is 5.69 Å². The average molecular weight is 450 g/mol. The van der Waals surface area contributed by atoms with Gasteiger partial charge in [-0.05, 0) is 76.2 Å². The third-order valence-corrected chi connectivity index (χ3v) is 6.87. The van der Waals surface area contributed by atoms with Crippen LogP contribution < -0.4 is 5.32 Å².